The van der Waals surface area contributed by atoms with Crippen molar-refractivity contribution in [2.45, 2.75) is 31.2 Å². The third kappa shape index (κ3) is 3.58. The lowest BCUT2D eigenvalue weighted by molar-refractivity contribution is 0.363. The van der Waals surface area contributed by atoms with E-state index in [2.05, 4.69) is 10.1 Å². The van der Waals surface area contributed by atoms with Crippen molar-refractivity contribution in [3.8, 4) is 0 Å². The molecule has 114 valence electrons. The third-order valence-corrected chi connectivity index (χ3v) is 3.85. The van der Waals surface area contributed by atoms with Crippen molar-refractivity contribution < 1.29 is 12.9 Å². The smallest absolute Gasteiger partial charge is 0.328 e. The lowest BCUT2D eigenvalue weighted by Gasteiger charge is -2.02. The molecule has 0 unspecified atom stereocenters. The normalized spacial score (nSPS) is 11.7. The summed E-state index contributed by atoms with van der Waals surface area (Å²) in [5, 5.41) is 3.70. The summed E-state index contributed by atoms with van der Waals surface area (Å²) in [6, 6.07) is 0. The molecule has 0 aliphatic heterocycles. The molecule has 0 fully saturated rings. The topological polar surface area (TPSA) is 128 Å². The van der Waals surface area contributed by atoms with Crippen LogP contribution >= 0.6 is 10.7 Å². The Labute approximate surface area is 123 Å². The Hall–Kier alpha value is -1.94. The monoisotopic (exact) mass is 334 g/mol. The molecular weight excluding hydrogens is 324 g/mol. The van der Waals surface area contributed by atoms with Crippen LogP contribution in [0.3, 0.4) is 0 Å². The Balaban J connectivity index is 2.40. The fourth-order valence-electron chi connectivity index (χ4n) is 1.61. The highest BCUT2D eigenvalue weighted by Crippen LogP contribution is 2.08. The first-order valence-electron chi connectivity index (χ1n) is 5.91. The van der Waals surface area contributed by atoms with E-state index in [0.717, 1.165) is 17.2 Å². The van der Waals surface area contributed by atoms with Gasteiger partial charge < -0.3 is 4.52 Å². The molecule has 0 aliphatic rings. The van der Waals surface area contributed by atoms with Crippen molar-refractivity contribution >= 4 is 19.7 Å². The maximum atomic E-state index is 11.6. The molecule has 21 heavy (non-hydrogen) atoms. The van der Waals surface area contributed by atoms with Gasteiger partial charge >= 0.3 is 5.69 Å². The van der Waals surface area contributed by atoms with E-state index in [1.807, 2.05) is 11.9 Å². The minimum absolute atomic E-state index is 0.116. The Morgan fingerprint density at radius 3 is 2.76 bits per heavy atom. The molecule has 0 aromatic carbocycles. The van der Waals surface area contributed by atoms with Crippen molar-refractivity contribution in [1.82, 2.24) is 19.7 Å². The van der Waals surface area contributed by atoms with Gasteiger partial charge in [-0.3, -0.25) is 14.3 Å². The summed E-state index contributed by atoms with van der Waals surface area (Å²) in [7, 11) is 0.856. The number of hydrogen-bond acceptors (Lipinski definition) is 7. The Morgan fingerprint density at radius 2 is 2.14 bits per heavy atom. The molecule has 0 spiro atoms. The Bertz CT molecular complexity index is 866. The molecule has 0 aliphatic carbocycles. The van der Waals surface area contributed by atoms with Gasteiger partial charge in [-0.25, -0.2) is 13.2 Å². The minimum Gasteiger partial charge on any atom is -0.337 e. The molecule has 2 heterocycles. The zero-order valence-corrected chi connectivity index (χ0v) is 12.4. The summed E-state index contributed by atoms with van der Waals surface area (Å²) in [6.07, 6.45) is 2.28. The quantitative estimate of drug-likeness (QED) is 0.753. The van der Waals surface area contributed by atoms with Gasteiger partial charge in [0.05, 0.1) is 0 Å². The summed E-state index contributed by atoms with van der Waals surface area (Å²) in [5.74, 6) is 0.598. The molecular formula is C10H11ClN4O5S. The second-order valence-electron chi connectivity index (χ2n) is 4.17. The van der Waals surface area contributed by atoms with Gasteiger partial charge in [-0.2, -0.15) is 4.98 Å². The van der Waals surface area contributed by atoms with Crippen LogP contribution in [0.2, 0.25) is 0 Å². The van der Waals surface area contributed by atoms with E-state index in [0.29, 0.717) is 12.2 Å². The maximum absolute atomic E-state index is 11.6. The molecule has 0 bridgehead atoms. The average molecular weight is 335 g/mol. The van der Waals surface area contributed by atoms with Crippen LogP contribution in [0, 0.1) is 0 Å². The summed E-state index contributed by atoms with van der Waals surface area (Å²) in [4.78, 5) is 28.2. The van der Waals surface area contributed by atoms with Gasteiger partial charge in [0.1, 0.15) is 6.54 Å². The fourth-order valence-corrected chi connectivity index (χ4v) is 2.46. The van der Waals surface area contributed by atoms with Crippen molar-refractivity contribution in [3.05, 3.63) is 38.8 Å². The van der Waals surface area contributed by atoms with Crippen LogP contribution in [0.1, 0.15) is 25.1 Å². The number of aryl methyl sites for hydroxylation is 1. The first kappa shape index (κ1) is 15.4. The van der Waals surface area contributed by atoms with E-state index < -0.39 is 25.2 Å². The van der Waals surface area contributed by atoms with E-state index in [4.69, 9.17) is 15.2 Å². The van der Waals surface area contributed by atoms with Gasteiger partial charge in [0.2, 0.25) is 5.89 Å². The number of rotatable bonds is 5. The summed E-state index contributed by atoms with van der Waals surface area (Å²) >= 11 is 0. The number of nitrogens with zero attached hydrogens (tertiary/aromatic N) is 3. The van der Waals surface area contributed by atoms with E-state index in [9.17, 15) is 18.0 Å². The van der Waals surface area contributed by atoms with Crippen molar-refractivity contribution in [1.29, 1.82) is 0 Å². The highest BCUT2D eigenvalue weighted by atomic mass is 35.7. The molecule has 1 N–H and O–H groups in total. The van der Waals surface area contributed by atoms with E-state index >= 15 is 0 Å². The summed E-state index contributed by atoms with van der Waals surface area (Å²) in [5.41, 5.74) is -1.89. The molecule has 0 atom stereocenters. The standard InChI is InChI=1S/C10H11ClN4O5S/c1-2-3-7-12-8(20-14-7)5-15-4-6(21(11,18)19)9(16)13-10(15)17/h4H,2-3,5H2,1H3,(H,13,16,17). The van der Waals surface area contributed by atoms with Gasteiger partial charge in [-0.15, -0.1) is 0 Å². The van der Waals surface area contributed by atoms with Crippen LogP contribution < -0.4 is 11.2 Å². The molecule has 0 saturated heterocycles. The molecule has 2 aromatic heterocycles. The van der Waals surface area contributed by atoms with E-state index in [1.165, 1.54) is 0 Å². The molecule has 11 heteroatoms. The Morgan fingerprint density at radius 1 is 1.43 bits per heavy atom. The zero-order chi connectivity index (χ0) is 15.6. The van der Waals surface area contributed by atoms with Gasteiger partial charge in [0, 0.05) is 23.3 Å². The van der Waals surface area contributed by atoms with Gasteiger partial charge in [0.15, 0.2) is 10.7 Å². The predicted molar refractivity (Wildman–Crippen MR) is 71.8 cm³/mol. The van der Waals surface area contributed by atoms with Crippen molar-refractivity contribution in [2.24, 2.45) is 0 Å². The maximum Gasteiger partial charge on any atom is 0.328 e. The second-order valence-corrected chi connectivity index (χ2v) is 6.71. The highest BCUT2D eigenvalue weighted by molar-refractivity contribution is 8.13. The fraction of sp³-hybridized carbons (Fsp3) is 0.400. The number of nitrogens with one attached hydrogen (secondary N) is 1. The lowest BCUT2D eigenvalue weighted by atomic mass is 10.3. The van der Waals surface area contributed by atoms with Gasteiger partial charge in [-0.05, 0) is 6.42 Å². The van der Waals surface area contributed by atoms with Gasteiger partial charge in [-0.1, -0.05) is 12.1 Å². The molecule has 2 rings (SSSR count). The van der Waals surface area contributed by atoms with Gasteiger partial charge in [0.25, 0.3) is 14.6 Å². The van der Waals surface area contributed by atoms with Crippen molar-refractivity contribution in [3.63, 3.8) is 0 Å². The summed E-state index contributed by atoms with van der Waals surface area (Å²) < 4.78 is 28.3. The first-order valence-corrected chi connectivity index (χ1v) is 8.22. The first-order chi connectivity index (χ1) is 9.81. The van der Waals surface area contributed by atoms with Crippen LogP contribution in [0.5, 0.6) is 0 Å². The molecule has 0 amide bonds. The number of aromatic amines is 1. The van der Waals surface area contributed by atoms with Crippen LogP contribution in [0.15, 0.2) is 25.2 Å². The molecule has 2 aromatic rings. The number of aromatic nitrogens is 4. The number of hydrogen-bond donors (Lipinski definition) is 1. The van der Waals surface area contributed by atoms with Crippen LogP contribution in [0.25, 0.3) is 0 Å². The second kappa shape index (κ2) is 5.82. The third-order valence-electron chi connectivity index (χ3n) is 2.53. The van der Waals surface area contributed by atoms with Crippen LogP contribution in [0.4, 0.5) is 0 Å². The van der Waals surface area contributed by atoms with E-state index in [-0.39, 0.29) is 12.4 Å². The predicted octanol–water partition coefficient (Wildman–Crippen LogP) is -0.152. The number of halogens is 1. The number of H-pyrrole nitrogens is 1. The molecule has 0 saturated carbocycles. The molecule has 9 nitrogen and oxygen atoms in total. The van der Waals surface area contributed by atoms with Crippen LogP contribution in [-0.4, -0.2) is 28.1 Å². The van der Waals surface area contributed by atoms with E-state index in [1.54, 1.807) is 0 Å². The summed E-state index contributed by atoms with van der Waals surface area (Å²) in [6.45, 7) is 1.77. The molecule has 0 radical (unpaired) electrons. The zero-order valence-electron chi connectivity index (χ0n) is 10.9. The van der Waals surface area contributed by atoms with Crippen LogP contribution in [-0.2, 0) is 22.0 Å². The average Bonchev–Trinajstić information content (AvgIpc) is 2.79. The SMILES string of the molecule is CCCc1noc(Cn2cc(S(=O)(=O)Cl)c(=O)[nH]c2=O)n1. The van der Waals surface area contributed by atoms with Crippen molar-refractivity contribution in [2.75, 3.05) is 0 Å². The lowest BCUT2D eigenvalue weighted by Crippen LogP contribution is -2.32. The highest BCUT2D eigenvalue weighted by Gasteiger charge is 2.18. The largest absolute Gasteiger partial charge is 0.337 e. The Kier molecular flexibility index (Phi) is 4.28. The minimum atomic E-state index is -4.27.